The van der Waals surface area contributed by atoms with E-state index >= 15 is 0 Å². The lowest BCUT2D eigenvalue weighted by atomic mass is 9.88. The number of hydrogen-bond acceptors (Lipinski definition) is 2. The van der Waals surface area contributed by atoms with Crippen LogP contribution in [0.5, 0.6) is 0 Å². The molecule has 0 saturated carbocycles. The molecule has 0 heterocycles. The summed E-state index contributed by atoms with van der Waals surface area (Å²) in [5.41, 5.74) is 0.476. The summed E-state index contributed by atoms with van der Waals surface area (Å²) < 4.78 is 12.9. The first-order valence-electron chi connectivity index (χ1n) is 7.66. The van der Waals surface area contributed by atoms with Gasteiger partial charge in [0, 0.05) is 12.5 Å². The first-order chi connectivity index (χ1) is 10.4. The van der Waals surface area contributed by atoms with Gasteiger partial charge in [0.1, 0.15) is 5.82 Å². The number of carboxylic acid groups (broad SMARTS) is 1. The SMILES string of the molecule is CCC(CC)C(C)C(=O)NCC(C(=O)O)c1ccc(F)cc1. The second-order valence-electron chi connectivity index (χ2n) is 5.55. The molecule has 5 heteroatoms. The van der Waals surface area contributed by atoms with E-state index in [2.05, 4.69) is 5.32 Å². The Bertz CT molecular complexity index is 497. The fourth-order valence-corrected chi connectivity index (χ4v) is 2.62. The van der Waals surface area contributed by atoms with Crippen molar-refractivity contribution in [1.82, 2.24) is 5.32 Å². The Labute approximate surface area is 130 Å². The van der Waals surface area contributed by atoms with Crippen molar-refractivity contribution in [3.05, 3.63) is 35.6 Å². The van der Waals surface area contributed by atoms with E-state index in [-0.39, 0.29) is 24.3 Å². The molecular formula is C17H24FNO3. The molecule has 1 aromatic rings. The van der Waals surface area contributed by atoms with Gasteiger partial charge in [-0.2, -0.15) is 0 Å². The van der Waals surface area contributed by atoms with Crippen molar-refractivity contribution >= 4 is 11.9 Å². The van der Waals surface area contributed by atoms with E-state index in [9.17, 15) is 19.1 Å². The lowest BCUT2D eigenvalue weighted by Crippen LogP contribution is -2.37. The van der Waals surface area contributed by atoms with Crippen molar-refractivity contribution in [3.63, 3.8) is 0 Å². The number of hydrogen-bond donors (Lipinski definition) is 2. The Kier molecular flexibility index (Phi) is 7.02. The number of nitrogens with one attached hydrogen (secondary N) is 1. The molecule has 0 aliphatic heterocycles. The Morgan fingerprint density at radius 1 is 1.18 bits per heavy atom. The minimum atomic E-state index is -1.04. The third-order valence-corrected chi connectivity index (χ3v) is 4.22. The largest absolute Gasteiger partial charge is 0.481 e. The molecule has 4 nitrogen and oxygen atoms in total. The number of halogens is 1. The van der Waals surface area contributed by atoms with Gasteiger partial charge in [0.15, 0.2) is 0 Å². The number of amides is 1. The molecule has 0 radical (unpaired) electrons. The van der Waals surface area contributed by atoms with Crippen LogP contribution >= 0.6 is 0 Å². The molecule has 2 N–H and O–H groups in total. The zero-order chi connectivity index (χ0) is 16.7. The highest BCUT2D eigenvalue weighted by Gasteiger charge is 2.24. The van der Waals surface area contributed by atoms with E-state index in [0.717, 1.165) is 12.8 Å². The molecule has 1 aromatic carbocycles. The lowest BCUT2D eigenvalue weighted by Gasteiger charge is -2.22. The molecule has 22 heavy (non-hydrogen) atoms. The summed E-state index contributed by atoms with van der Waals surface area (Å²) in [5, 5.41) is 12.0. The Hall–Kier alpha value is -1.91. The van der Waals surface area contributed by atoms with Crippen molar-refractivity contribution in [2.45, 2.75) is 39.5 Å². The van der Waals surface area contributed by atoms with Gasteiger partial charge in [0.25, 0.3) is 0 Å². The fourth-order valence-electron chi connectivity index (χ4n) is 2.62. The number of benzene rings is 1. The summed E-state index contributed by atoms with van der Waals surface area (Å²) in [6, 6.07) is 5.31. The van der Waals surface area contributed by atoms with Crippen LogP contribution in [0.4, 0.5) is 4.39 Å². The molecule has 0 aromatic heterocycles. The highest BCUT2D eigenvalue weighted by molar-refractivity contribution is 5.81. The van der Waals surface area contributed by atoms with Crippen LogP contribution in [0.1, 0.15) is 45.1 Å². The molecule has 1 amide bonds. The van der Waals surface area contributed by atoms with Crippen LogP contribution < -0.4 is 5.32 Å². The lowest BCUT2D eigenvalue weighted by molar-refractivity contribution is -0.138. The summed E-state index contributed by atoms with van der Waals surface area (Å²) in [5.74, 6) is -2.34. The third kappa shape index (κ3) is 4.83. The van der Waals surface area contributed by atoms with Gasteiger partial charge >= 0.3 is 5.97 Å². The van der Waals surface area contributed by atoms with Gasteiger partial charge in [-0.1, -0.05) is 45.7 Å². The molecule has 0 spiro atoms. The molecule has 1 rings (SSSR count). The van der Waals surface area contributed by atoms with E-state index in [0.29, 0.717) is 5.56 Å². The minimum Gasteiger partial charge on any atom is -0.481 e. The maximum absolute atomic E-state index is 12.9. The predicted molar refractivity (Wildman–Crippen MR) is 83.0 cm³/mol. The Morgan fingerprint density at radius 3 is 2.18 bits per heavy atom. The van der Waals surface area contributed by atoms with Gasteiger partial charge in [-0.3, -0.25) is 9.59 Å². The zero-order valence-corrected chi connectivity index (χ0v) is 13.3. The van der Waals surface area contributed by atoms with E-state index in [1.165, 1.54) is 24.3 Å². The van der Waals surface area contributed by atoms with Crippen LogP contribution in [0, 0.1) is 17.7 Å². The molecule has 0 aliphatic rings. The van der Waals surface area contributed by atoms with Gasteiger partial charge in [0.2, 0.25) is 5.91 Å². The molecule has 0 bridgehead atoms. The summed E-state index contributed by atoms with van der Waals surface area (Å²) >= 11 is 0. The van der Waals surface area contributed by atoms with Crippen LogP contribution in [0.25, 0.3) is 0 Å². The number of aliphatic carboxylic acids is 1. The van der Waals surface area contributed by atoms with Crippen LogP contribution in [0.15, 0.2) is 24.3 Å². The van der Waals surface area contributed by atoms with Crippen molar-refractivity contribution in [2.24, 2.45) is 11.8 Å². The molecule has 0 saturated heterocycles. The van der Waals surface area contributed by atoms with Crippen LogP contribution in [-0.2, 0) is 9.59 Å². The quantitative estimate of drug-likeness (QED) is 0.775. The zero-order valence-electron chi connectivity index (χ0n) is 13.3. The maximum atomic E-state index is 12.9. The first kappa shape index (κ1) is 18.1. The van der Waals surface area contributed by atoms with Crippen molar-refractivity contribution in [2.75, 3.05) is 6.54 Å². The number of carbonyl (C=O) groups is 2. The molecule has 2 unspecified atom stereocenters. The molecular weight excluding hydrogens is 285 g/mol. The second kappa shape index (κ2) is 8.51. The summed E-state index contributed by atoms with van der Waals surface area (Å²) in [6.45, 7) is 5.94. The first-order valence-corrected chi connectivity index (χ1v) is 7.66. The van der Waals surface area contributed by atoms with Crippen molar-refractivity contribution < 1.29 is 19.1 Å². The Morgan fingerprint density at radius 2 is 1.73 bits per heavy atom. The van der Waals surface area contributed by atoms with Crippen LogP contribution in [0.2, 0.25) is 0 Å². The van der Waals surface area contributed by atoms with Crippen LogP contribution in [0.3, 0.4) is 0 Å². The van der Waals surface area contributed by atoms with Gasteiger partial charge in [-0.05, 0) is 23.6 Å². The molecule has 2 atom stereocenters. The van der Waals surface area contributed by atoms with Gasteiger partial charge in [-0.25, -0.2) is 4.39 Å². The summed E-state index contributed by atoms with van der Waals surface area (Å²) in [4.78, 5) is 23.5. The van der Waals surface area contributed by atoms with Crippen molar-refractivity contribution in [1.29, 1.82) is 0 Å². The molecule has 0 fully saturated rings. The third-order valence-electron chi connectivity index (χ3n) is 4.22. The van der Waals surface area contributed by atoms with Crippen molar-refractivity contribution in [3.8, 4) is 0 Å². The van der Waals surface area contributed by atoms with Gasteiger partial charge in [0.05, 0.1) is 5.92 Å². The van der Waals surface area contributed by atoms with E-state index in [4.69, 9.17) is 0 Å². The van der Waals surface area contributed by atoms with Gasteiger partial charge < -0.3 is 10.4 Å². The predicted octanol–water partition coefficient (Wildman–Crippen LogP) is 3.18. The minimum absolute atomic E-state index is 0.00425. The topological polar surface area (TPSA) is 66.4 Å². The smallest absolute Gasteiger partial charge is 0.312 e. The van der Waals surface area contributed by atoms with Gasteiger partial charge in [-0.15, -0.1) is 0 Å². The van der Waals surface area contributed by atoms with E-state index in [1.54, 1.807) is 0 Å². The standard InChI is InChI=1S/C17H24FNO3/c1-4-12(5-2)11(3)16(20)19-10-15(17(21)22)13-6-8-14(18)9-7-13/h6-9,11-12,15H,4-5,10H2,1-3H3,(H,19,20)(H,21,22). The number of carboxylic acids is 1. The molecule has 122 valence electrons. The number of rotatable bonds is 8. The van der Waals surface area contributed by atoms with Crippen LogP contribution in [-0.4, -0.2) is 23.5 Å². The monoisotopic (exact) mass is 309 g/mol. The average molecular weight is 309 g/mol. The average Bonchev–Trinajstić information content (AvgIpc) is 2.49. The Balaban J connectivity index is 2.71. The van der Waals surface area contributed by atoms with E-state index < -0.39 is 17.7 Å². The summed E-state index contributed by atoms with van der Waals surface area (Å²) in [7, 11) is 0. The number of carbonyl (C=O) groups excluding carboxylic acids is 1. The highest BCUT2D eigenvalue weighted by Crippen LogP contribution is 2.20. The molecule has 0 aliphatic carbocycles. The summed E-state index contributed by atoms with van der Waals surface area (Å²) in [6.07, 6.45) is 1.82. The second-order valence-corrected chi connectivity index (χ2v) is 5.55. The fraction of sp³-hybridized carbons (Fsp3) is 0.529. The normalized spacial score (nSPS) is 13.7. The van der Waals surface area contributed by atoms with E-state index in [1.807, 2.05) is 20.8 Å². The highest BCUT2D eigenvalue weighted by atomic mass is 19.1. The maximum Gasteiger partial charge on any atom is 0.312 e.